The van der Waals surface area contributed by atoms with Crippen molar-refractivity contribution >= 4 is 0 Å². The average molecular weight is 247 g/mol. The maximum absolute atomic E-state index is 13.0. The zero-order valence-corrected chi connectivity index (χ0v) is 10.1. The third-order valence-electron chi connectivity index (χ3n) is 3.02. The second kappa shape index (κ2) is 4.49. The zero-order chi connectivity index (χ0) is 12.5. The predicted molar refractivity (Wildman–Crippen MR) is 64.3 cm³/mol. The minimum atomic E-state index is -0.254. The van der Waals surface area contributed by atoms with E-state index in [1.54, 1.807) is 6.07 Å². The van der Waals surface area contributed by atoms with Gasteiger partial charge in [-0.05, 0) is 43.5 Å². The van der Waals surface area contributed by atoms with Crippen molar-refractivity contribution in [2.75, 3.05) is 0 Å². The molecule has 2 aromatic rings. The van der Waals surface area contributed by atoms with Crippen LogP contribution in [0.1, 0.15) is 24.3 Å². The Morgan fingerprint density at radius 3 is 3.00 bits per heavy atom. The van der Waals surface area contributed by atoms with Gasteiger partial charge in [-0.1, -0.05) is 5.16 Å². The first-order valence-electron chi connectivity index (χ1n) is 6.05. The third-order valence-corrected chi connectivity index (χ3v) is 3.02. The van der Waals surface area contributed by atoms with Crippen molar-refractivity contribution in [3.8, 4) is 11.4 Å². The Bertz CT molecular complexity index is 563. The average Bonchev–Trinajstić information content (AvgIpc) is 3.05. The summed E-state index contributed by atoms with van der Waals surface area (Å²) in [6.07, 6.45) is 2.44. The molecule has 5 heteroatoms. The molecule has 0 aliphatic heterocycles. The number of aromatic nitrogens is 2. The van der Waals surface area contributed by atoms with Gasteiger partial charge in [0.1, 0.15) is 5.82 Å². The molecule has 0 amide bonds. The first-order chi connectivity index (χ1) is 8.72. The van der Waals surface area contributed by atoms with Gasteiger partial charge in [-0.25, -0.2) is 4.39 Å². The predicted octanol–water partition coefficient (Wildman–Crippen LogP) is 2.44. The lowest BCUT2D eigenvalue weighted by Crippen LogP contribution is -2.15. The van der Waals surface area contributed by atoms with Gasteiger partial charge in [0.15, 0.2) is 0 Å². The summed E-state index contributed by atoms with van der Waals surface area (Å²) < 4.78 is 18.2. The van der Waals surface area contributed by atoms with E-state index in [0.717, 1.165) is 11.1 Å². The summed E-state index contributed by atoms with van der Waals surface area (Å²) in [5, 5.41) is 7.23. The SMILES string of the molecule is Cc1cc(F)ccc1-c1noc(CNC2CC2)n1. The van der Waals surface area contributed by atoms with E-state index < -0.39 is 0 Å². The van der Waals surface area contributed by atoms with Gasteiger partial charge in [0, 0.05) is 11.6 Å². The van der Waals surface area contributed by atoms with E-state index >= 15 is 0 Å². The summed E-state index contributed by atoms with van der Waals surface area (Å²) in [5.74, 6) is 0.830. The Hall–Kier alpha value is -1.75. The molecule has 1 saturated carbocycles. The van der Waals surface area contributed by atoms with Crippen LogP contribution in [-0.2, 0) is 6.54 Å². The van der Waals surface area contributed by atoms with Gasteiger partial charge in [0.2, 0.25) is 11.7 Å². The van der Waals surface area contributed by atoms with Gasteiger partial charge >= 0.3 is 0 Å². The molecule has 94 valence electrons. The molecule has 1 aliphatic carbocycles. The van der Waals surface area contributed by atoms with Crippen LogP contribution in [0.3, 0.4) is 0 Å². The quantitative estimate of drug-likeness (QED) is 0.901. The number of rotatable bonds is 4. The van der Waals surface area contributed by atoms with Crippen LogP contribution in [0.25, 0.3) is 11.4 Å². The molecular formula is C13H14FN3O. The van der Waals surface area contributed by atoms with E-state index in [-0.39, 0.29) is 5.82 Å². The molecule has 3 rings (SSSR count). The maximum atomic E-state index is 13.0. The molecule has 1 heterocycles. The topological polar surface area (TPSA) is 51.0 Å². The summed E-state index contributed by atoms with van der Waals surface area (Å²) in [4.78, 5) is 4.31. The normalized spacial score (nSPS) is 15.0. The molecule has 18 heavy (non-hydrogen) atoms. The third kappa shape index (κ3) is 2.41. The fourth-order valence-electron chi connectivity index (χ4n) is 1.83. The number of hydrogen-bond acceptors (Lipinski definition) is 4. The lowest BCUT2D eigenvalue weighted by Gasteiger charge is -1.99. The molecule has 1 fully saturated rings. The standard InChI is InChI=1S/C13H14FN3O/c1-8-6-9(14)2-5-11(8)13-16-12(18-17-13)7-15-10-3-4-10/h2,5-6,10,15H,3-4,7H2,1H3. The lowest BCUT2D eigenvalue weighted by molar-refractivity contribution is 0.367. The van der Waals surface area contributed by atoms with E-state index in [9.17, 15) is 4.39 Å². The van der Waals surface area contributed by atoms with Gasteiger partial charge in [-0.2, -0.15) is 4.98 Å². The van der Waals surface area contributed by atoms with Crippen LogP contribution in [0.2, 0.25) is 0 Å². The van der Waals surface area contributed by atoms with Crippen LogP contribution in [-0.4, -0.2) is 16.2 Å². The minimum absolute atomic E-state index is 0.254. The monoisotopic (exact) mass is 247 g/mol. The first-order valence-corrected chi connectivity index (χ1v) is 6.05. The van der Waals surface area contributed by atoms with Crippen molar-refractivity contribution in [1.82, 2.24) is 15.5 Å². The number of benzene rings is 1. The molecule has 0 spiro atoms. The van der Waals surface area contributed by atoms with Crippen molar-refractivity contribution in [2.45, 2.75) is 32.4 Å². The van der Waals surface area contributed by atoms with Crippen LogP contribution < -0.4 is 5.32 Å². The number of nitrogens with zero attached hydrogens (tertiary/aromatic N) is 2. The van der Waals surface area contributed by atoms with Crippen LogP contribution in [0.4, 0.5) is 4.39 Å². The fraction of sp³-hybridized carbons (Fsp3) is 0.385. The Kier molecular flexibility index (Phi) is 2.83. The second-order valence-electron chi connectivity index (χ2n) is 4.63. The summed E-state index contributed by atoms with van der Waals surface area (Å²) in [7, 11) is 0. The molecule has 1 aromatic carbocycles. The highest BCUT2D eigenvalue weighted by Gasteiger charge is 2.21. The van der Waals surface area contributed by atoms with Crippen LogP contribution in [0.5, 0.6) is 0 Å². The molecule has 1 aromatic heterocycles. The minimum Gasteiger partial charge on any atom is -0.338 e. The van der Waals surface area contributed by atoms with Crippen molar-refractivity contribution in [2.24, 2.45) is 0 Å². The Morgan fingerprint density at radius 1 is 1.44 bits per heavy atom. The van der Waals surface area contributed by atoms with Crippen molar-refractivity contribution in [3.05, 3.63) is 35.5 Å². The van der Waals surface area contributed by atoms with Crippen molar-refractivity contribution in [3.63, 3.8) is 0 Å². The van der Waals surface area contributed by atoms with Gasteiger partial charge in [0.25, 0.3) is 0 Å². The van der Waals surface area contributed by atoms with E-state index in [1.165, 1.54) is 25.0 Å². The van der Waals surface area contributed by atoms with Gasteiger partial charge in [0.05, 0.1) is 6.54 Å². The molecule has 1 N–H and O–H groups in total. The summed E-state index contributed by atoms with van der Waals surface area (Å²) in [6, 6.07) is 5.15. The first kappa shape index (κ1) is 11.3. The van der Waals surface area contributed by atoms with Gasteiger partial charge in [-0.15, -0.1) is 0 Å². The Morgan fingerprint density at radius 2 is 2.28 bits per heavy atom. The van der Waals surface area contributed by atoms with E-state index in [2.05, 4.69) is 15.5 Å². The number of nitrogens with one attached hydrogen (secondary N) is 1. The lowest BCUT2D eigenvalue weighted by atomic mass is 10.1. The Labute approximate surface area is 104 Å². The molecular weight excluding hydrogens is 233 g/mol. The molecule has 0 saturated heterocycles. The molecule has 4 nitrogen and oxygen atoms in total. The molecule has 1 aliphatic rings. The van der Waals surface area contributed by atoms with Crippen molar-refractivity contribution in [1.29, 1.82) is 0 Å². The Balaban J connectivity index is 1.78. The smallest absolute Gasteiger partial charge is 0.240 e. The second-order valence-corrected chi connectivity index (χ2v) is 4.63. The zero-order valence-electron chi connectivity index (χ0n) is 10.1. The number of hydrogen-bond donors (Lipinski definition) is 1. The highest BCUT2D eigenvalue weighted by atomic mass is 19.1. The highest BCUT2D eigenvalue weighted by Crippen LogP contribution is 2.22. The highest BCUT2D eigenvalue weighted by molar-refractivity contribution is 5.59. The molecule has 0 atom stereocenters. The fourth-order valence-corrected chi connectivity index (χ4v) is 1.83. The van der Waals surface area contributed by atoms with Gasteiger partial charge < -0.3 is 9.84 Å². The van der Waals surface area contributed by atoms with Gasteiger partial charge in [-0.3, -0.25) is 0 Å². The molecule has 0 bridgehead atoms. The molecule has 0 unspecified atom stereocenters. The van der Waals surface area contributed by atoms with E-state index in [0.29, 0.717) is 24.3 Å². The van der Waals surface area contributed by atoms with E-state index in [1.807, 2.05) is 6.92 Å². The largest absolute Gasteiger partial charge is 0.338 e. The summed E-state index contributed by atoms with van der Waals surface area (Å²) in [6.45, 7) is 2.43. The van der Waals surface area contributed by atoms with Crippen LogP contribution in [0.15, 0.2) is 22.7 Å². The van der Waals surface area contributed by atoms with Crippen LogP contribution >= 0.6 is 0 Å². The number of halogens is 1. The summed E-state index contributed by atoms with van der Waals surface area (Å²) >= 11 is 0. The maximum Gasteiger partial charge on any atom is 0.240 e. The summed E-state index contributed by atoms with van der Waals surface area (Å²) in [5.41, 5.74) is 1.61. The van der Waals surface area contributed by atoms with E-state index in [4.69, 9.17) is 4.52 Å². The molecule has 0 radical (unpaired) electrons. The van der Waals surface area contributed by atoms with Crippen LogP contribution in [0, 0.1) is 12.7 Å². The number of aryl methyl sites for hydroxylation is 1. The van der Waals surface area contributed by atoms with Crippen molar-refractivity contribution < 1.29 is 8.91 Å².